The average Bonchev–Trinajstić information content (AvgIpc) is 2.46. The number of benzene rings is 3. The van der Waals surface area contributed by atoms with E-state index < -0.39 is 0 Å². The smallest absolute Gasteiger partial charge is 0.126 e. The van der Waals surface area contributed by atoms with Gasteiger partial charge in [0.2, 0.25) is 0 Å². The van der Waals surface area contributed by atoms with Crippen LogP contribution in [0.5, 0.6) is 5.75 Å². The molecule has 0 radical (unpaired) electrons. The summed E-state index contributed by atoms with van der Waals surface area (Å²) < 4.78 is 5.41. The Labute approximate surface area is 117 Å². The number of methoxy groups -OCH3 is 1. The monoisotopic (exact) mass is 268 g/mol. The third-order valence-corrected chi connectivity index (χ3v) is 3.46. The quantitative estimate of drug-likeness (QED) is 0.623. The molecule has 0 unspecified atom stereocenters. The summed E-state index contributed by atoms with van der Waals surface area (Å²) in [4.78, 5) is 0. The van der Waals surface area contributed by atoms with E-state index in [2.05, 4.69) is 30.3 Å². The zero-order chi connectivity index (χ0) is 13.2. The van der Waals surface area contributed by atoms with Gasteiger partial charge in [-0.1, -0.05) is 48.0 Å². The number of ether oxygens (including phenoxy) is 1. The van der Waals surface area contributed by atoms with Crippen molar-refractivity contribution in [2.24, 2.45) is 0 Å². The van der Waals surface area contributed by atoms with Gasteiger partial charge in [-0.15, -0.1) is 0 Å². The van der Waals surface area contributed by atoms with E-state index in [0.29, 0.717) is 5.02 Å². The van der Waals surface area contributed by atoms with Gasteiger partial charge in [-0.25, -0.2) is 0 Å². The van der Waals surface area contributed by atoms with Crippen LogP contribution in [0, 0.1) is 0 Å². The van der Waals surface area contributed by atoms with Crippen LogP contribution in [0.2, 0.25) is 5.02 Å². The lowest BCUT2D eigenvalue weighted by molar-refractivity contribution is 0.416. The minimum atomic E-state index is 0.712. The Kier molecular flexibility index (Phi) is 3.14. The number of fused-ring (bicyclic) bond motifs is 1. The molecule has 0 aliphatic rings. The van der Waals surface area contributed by atoms with E-state index in [-0.39, 0.29) is 0 Å². The summed E-state index contributed by atoms with van der Waals surface area (Å²) in [5.74, 6) is 0.833. The van der Waals surface area contributed by atoms with E-state index in [1.54, 1.807) is 7.11 Å². The summed E-state index contributed by atoms with van der Waals surface area (Å²) in [6.07, 6.45) is 0. The van der Waals surface area contributed by atoms with E-state index in [4.69, 9.17) is 16.3 Å². The molecule has 1 nitrogen and oxygen atoms in total. The van der Waals surface area contributed by atoms with Gasteiger partial charge < -0.3 is 4.74 Å². The van der Waals surface area contributed by atoms with Crippen molar-refractivity contribution in [1.29, 1.82) is 0 Å². The molecule has 0 bridgehead atoms. The maximum atomic E-state index is 6.09. The van der Waals surface area contributed by atoms with Crippen molar-refractivity contribution in [3.05, 3.63) is 65.7 Å². The summed E-state index contributed by atoms with van der Waals surface area (Å²) in [6.45, 7) is 0. The number of hydrogen-bond donors (Lipinski definition) is 0. The Morgan fingerprint density at radius 3 is 2.42 bits per heavy atom. The van der Waals surface area contributed by atoms with Crippen LogP contribution in [0.4, 0.5) is 0 Å². The van der Waals surface area contributed by atoms with Gasteiger partial charge in [-0.2, -0.15) is 0 Å². The number of hydrogen-bond acceptors (Lipinski definition) is 1. The van der Waals surface area contributed by atoms with E-state index >= 15 is 0 Å². The first-order valence-electron chi connectivity index (χ1n) is 6.10. The fourth-order valence-corrected chi connectivity index (χ4v) is 2.43. The highest BCUT2D eigenvalue weighted by molar-refractivity contribution is 6.31. The summed E-state index contributed by atoms with van der Waals surface area (Å²) in [6, 6.07) is 20.3. The third-order valence-electron chi connectivity index (χ3n) is 3.22. The summed E-state index contributed by atoms with van der Waals surface area (Å²) in [7, 11) is 1.67. The Bertz CT molecular complexity index is 734. The first-order valence-corrected chi connectivity index (χ1v) is 6.48. The molecule has 3 aromatic rings. The highest BCUT2D eigenvalue weighted by atomic mass is 35.5. The molecule has 0 saturated heterocycles. The molecule has 0 spiro atoms. The zero-order valence-corrected chi connectivity index (χ0v) is 11.3. The normalized spacial score (nSPS) is 10.6. The van der Waals surface area contributed by atoms with Crippen LogP contribution in [-0.2, 0) is 0 Å². The first kappa shape index (κ1) is 12.1. The molecule has 0 aromatic heterocycles. The summed E-state index contributed by atoms with van der Waals surface area (Å²) >= 11 is 6.09. The van der Waals surface area contributed by atoms with E-state index in [0.717, 1.165) is 16.9 Å². The molecule has 94 valence electrons. The minimum Gasteiger partial charge on any atom is -0.496 e. The van der Waals surface area contributed by atoms with Crippen LogP contribution in [0.1, 0.15) is 0 Å². The lowest BCUT2D eigenvalue weighted by Gasteiger charge is -2.10. The van der Waals surface area contributed by atoms with Crippen LogP contribution in [0.15, 0.2) is 60.7 Å². The highest BCUT2D eigenvalue weighted by Crippen LogP contribution is 2.33. The van der Waals surface area contributed by atoms with Gasteiger partial charge in [0.05, 0.1) is 7.11 Å². The van der Waals surface area contributed by atoms with Crippen molar-refractivity contribution in [3.8, 4) is 16.9 Å². The van der Waals surface area contributed by atoms with Crippen molar-refractivity contribution < 1.29 is 4.74 Å². The Hall–Kier alpha value is -1.99. The second-order valence-corrected chi connectivity index (χ2v) is 4.84. The molecule has 0 N–H and O–H groups in total. The Morgan fingerprint density at radius 2 is 1.63 bits per heavy atom. The highest BCUT2D eigenvalue weighted by Gasteiger charge is 2.07. The van der Waals surface area contributed by atoms with Crippen molar-refractivity contribution >= 4 is 22.4 Å². The van der Waals surface area contributed by atoms with Gasteiger partial charge in [-0.05, 0) is 40.6 Å². The number of halogens is 1. The molecule has 0 atom stereocenters. The van der Waals surface area contributed by atoms with Crippen molar-refractivity contribution in [2.75, 3.05) is 7.11 Å². The van der Waals surface area contributed by atoms with Gasteiger partial charge in [0.15, 0.2) is 0 Å². The molecule has 3 rings (SSSR count). The molecule has 2 heteroatoms. The topological polar surface area (TPSA) is 9.23 Å². The second kappa shape index (κ2) is 4.94. The SMILES string of the molecule is COc1ccc(Cl)cc1-c1ccc2ccccc2c1. The third kappa shape index (κ3) is 2.29. The van der Waals surface area contributed by atoms with Crippen LogP contribution in [-0.4, -0.2) is 7.11 Å². The molecule has 0 saturated carbocycles. The lowest BCUT2D eigenvalue weighted by Crippen LogP contribution is -1.88. The van der Waals surface area contributed by atoms with Crippen LogP contribution in [0.3, 0.4) is 0 Å². The summed E-state index contributed by atoms with van der Waals surface area (Å²) in [5.41, 5.74) is 2.12. The van der Waals surface area contributed by atoms with Crippen LogP contribution < -0.4 is 4.74 Å². The molecular formula is C17H13ClO. The largest absolute Gasteiger partial charge is 0.496 e. The van der Waals surface area contributed by atoms with E-state index in [9.17, 15) is 0 Å². The number of rotatable bonds is 2. The van der Waals surface area contributed by atoms with Gasteiger partial charge in [0, 0.05) is 10.6 Å². The fourth-order valence-electron chi connectivity index (χ4n) is 2.26. The van der Waals surface area contributed by atoms with Gasteiger partial charge in [-0.3, -0.25) is 0 Å². The fraction of sp³-hybridized carbons (Fsp3) is 0.0588. The van der Waals surface area contributed by atoms with E-state index in [1.165, 1.54) is 10.8 Å². The predicted octanol–water partition coefficient (Wildman–Crippen LogP) is 5.17. The average molecular weight is 269 g/mol. The maximum absolute atomic E-state index is 6.09. The Morgan fingerprint density at radius 1 is 0.842 bits per heavy atom. The molecule has 0 aliphatic heterocycles. The minimum absolute atomic E-state index is 0.712. The predicted molar refractivity (Wildman–Crippen MR) is 80.9 cm³/mol. The van der Waals surface area contributed by atoms with Gasteiger partial charge >= 0.3 is 0 Å². The van der Waals surface area contributed by atoms with Crippen molar-refractivity contribution in [2.45, 2.75) is 0 Å². The van der Waals surface area contributed by atoms with Crippen LogP contribution >= 0.6 is 11.6 Å². The standard InChI is InChI=1S/C17H13ClO/c1-19-17-9-8-15(18)11-16(17)14-7-6-12-4-2-3-5-13(12)10-14/h2-11H,1H3. The molecule has 0 aliphatic carbocycles. The van der Waals surface area contributed by atoms with Gasteiger partial charge in [0.1, 0.15) is 5.75 Å². The maximum Gasteiger partial charge on any atom is 0.126 e. The lowest BCUT2D eigenvalue weighted by atomic mass is 10.0. The molecule has 3 aromatic carbocycles. The molecule has 0 amide bonds. The van der Waals surface area contributed by atoms with Crippen LogP contribution in [0.25, 0.3) is 21.9 Å². The van der Waals surface area contributed by atoms with Crippen molar-refractivity contribution in [3.63, 3.8) is 0 Å². The molecule has 0 fully saturated rings. The van der Waals surface area contributed by atoms with Crippen molar-refractivity contribution in [1.82, 2.24) is 0 Å². The van der Waals surface area contributed by atoms with Gasteiger partial charge in [0.25, 0.3) is 0 Å². The summed E-state index contributed by atoms with van der Waals surface area (Å²) in [5, 5.41) is 3.15. The first-order chi connectivity index (χ1) is 9.28. The molecule has 19 heavy (non-hydrogen) atoms. The second-order valence-electron chi connectivity index (χ2n) is 4.41. The molecule has 0 heterocycles. The molecular weight excluding hydrogens is 256 g/mol. The Balaban J connectivity index is 2.21. The zero-order valence-electron chi connectivity index (χ0n) is 10.6. The van der Waals surface area contributed by atoms with E-state index in [1.807, 2.05) is 30.3 Å².